The fourth-order valence-corrected chi connectivity index (χ4v) is 5.08. The summed E-state index contributed by atoms with van der Waals surface area (Å²) >= 11 is 0. The molecule has 1 saturated heterocycles. The zero-order valence-corrected chi connectivity index (χ0v) is 21.5. The van der Waals surface area contributed by atoms with Crippen molar-refractivity contribution in [2.24, 2.45) is 0 Å². The number of rotatable bonds is 8. The molecule has 0 unspecified atom stereocenters. The van der Waals surface area contributed by atoms with Gasteiger partial charge in [-0.25, -0.2) is 0 Å². The number of halogens is 2. The molecule has 1 aliphatic rings. The number of nitrogens with zero attached hydrogens (tertiary/aromatic N) is 3. The molecule has 1 aliphatic heterocycles. The minimum Gasteiger partial charge on any atom is -1.00 e. The van der Waals surface area contributed by atoms with E-state index in [9.17, 15) is 4.79 Å². The highest BCUT2D eigenvalue weighted by atomic mass is 35.5. The van der Waals surface area contributed by atoms with Crippen LogP contribution in [0.25, 0.3) is 16.7 Å². The van der Waals surface area contributed by atoms with Crippen molar-refractivity contribution >= 4 is 16.7 Å². The van der Waals surface area contributed by atoms with Crippen molar-refractivity contribution < 1.29 is 39.8 Å². The van der Waals surface area contributed by atoms with Crippen molar-refractivity contribution in [3.63, 3.8) is 0 Å². The fraction of sp³-hybridized carbons (Fsp3) is 0.385. The van der Waals surface area contributed by atoms with Crippen LogP contribution in [0, 0.1) is 0 Å². The van der Waals surface area contributed by atoms with Crippen LogP contribution >= 0.6 is 0 Å². The van der Waals surface area contributed by atoms with Gasteiger partial charge in [0.25, 0.3) is 5.56 Å². The minimum atomic E-state index is 0. The maximum Gasteiger partial charge on any atom is 0.275 e. The molecule has 3 aromatic heterocycles. The summed E-state index contributed by atoms with van der Waals surface area (Å²) in [6.45, 7) is 5.32. The second-order valence-corrected chi connectivity index (χ2v) is 9.04. The number of ether oxygens (including phenoxy) is 1. The van der Waals surface area contributed by atoms with Gasteiger partial charge in [-0.2, -0.15) is 4.98 Å². The number of likely N-dealkylation sites (tertiary alicyclic amines) is 1. The first-order chi connectivity index (χ1) is 16.2. The molecule has 5 rings (SSSR count). The lowest BCUT2D eigenvalue weighted by molar-refractivity contribution is -0.926. The van der Waals surface area contributed by atoms with E-state index in [-0.39, 0.29) is 30.4 Å². The number of nitrogens with one attached hydrogen (secondary N) is 1. The summed E-state index contributed by atoms with van der Waals surface area (Å²) in [5, 5.41) is 2.49. The van der Waals surface area contributed by atoms with Crippen molar-refractivity contribution in [2.75, 3.05) is 26.7 Å². The summed E-state index contributed by atoms with van der Waals surface area (Å²) in [7, 11) is 1.61. The van der Waals surface area contributed by atoms with E-state index in [1.165, 1.54) is 31.5 Å². The van der Waals surface area contributed by atoms with Gasteiger partial charge in [-0.05, 0) is 18.2 Å². The monoisotopic (exact) mass is 517 g/mol. The number of methoxy groups -OCH3 is 1. The van der Waals surface area contributed by atoms with Gasteiger partial charge in [-0.15, -0.1) is 0 Å². The molecule has 188 valence electrons. The number of aromatic nitrogens is 3. The maximum atomic E-state index is 13.1. The van der Waals surface area contributed by atoms with Crippen LogP contribution in [0.2, 0.25) is 0 Å². The Morgan fingerprint density at radius 2 is 1.80 bits per heavy atom. The quantitative estimate of drug-likeness (QED) is 0.230. The molecule has 9 heteroatoms. The molecule has 0 saturated carbocycles. The Hall–Kier alpha value is -2.58. The standard InChI is InChI=1S/C26H31N5O2.2ClH/c1-33-24-11-10-22-25(28-24)30-15-5-9-23(30)26(32)31(22)16-6-14-27-21-12-17-29(18-13-21)19-20-7-3-2-4-8-20;;/h2-5,7-11,15,21,27H,6,12-14,16-19H2,1H3;2*1H. The number of quaternary nitrogens is 2. The molecule has 0 amide bonds. The van der Waals surface area contributed by atoms with E-state index < -0.39 is 0 Å². The van der Waals surface area contributed by atoms with Gasteiger partial charge in [0.05, 0.1) is 38.3 Å². The number of hydrogen-bond donors (Lipinski definition) is 2. The average Bonchev–Trinajstić information content (AvgIpc) is 3.35. The molecule has 0 spiro atoms. The Bertz CT molecular complexity index is 1280. The molecule has 0 radical (unpaired) electrons. The Balaban J connectivity index is 0.00000171. The van der Waals surface area contributed by atoms with E-state index in [1.807, 2.05) is 39.4 Å². The van der Waals surface area contributed by atoms with Gasteiger partial charge in [0.1, 0.15) is 12.1 Å². The highest BCUT2D eigenvalue weighted by Gasteiger charge is 2.24. The predicted molar refractivity (Wildman–Crippen MR) is 129 cm³/mol. The third-order valence-electron chi connectivity index (χ3n) is 6.89. The number of nitrogens with two attached hydrogens (primary N) is 1. The number of fused-ring (bicyclic) bond motifs is 3. The van der Waals surface area contributed by atoms with E-state index in [2.05, 4.69) is 40.6 Å². The van der Waals surface area contributed by atoms with Crippen molar-refractivity contribution in [2.45, 2.75) is 38.4 Å². The average molecular weight is 518 g/mol. The summed E-state index contributed by atoms with van der Waals surface area (Å²) in [6.07, 6.45) is 5.35. The zero-order valence-electron chi connectivity index (χ0n) is 20.0. The maximum absolute atomic E-state index is 13.1. The number of hydrogen-bond acceptors (Lipinski definition) is 3. The molecule has 0 aliphatic carbocycles. The van der Waals surface area contributed by atoms with Crippen molar-refractivity contribution in [1.82, 2.24) is 14.0 Å². The predicted octanol–water partition coefficient (Wildman–Crippen LogP) is -5.13. The third-order valence-corrected chi connectivity index (χ3v) is 6.89. The van der Waals surface area contributed by atoms with Crippen LogP contribution in [0.1, 0.15) is 24.8 Å². The molecule has 7 nitrogen and oxygen atoms in total. The summed E-state index contributed by atoms with van der Waals surface area (Å²) in [5.74, 6) is 0.553. The van der Waals surface area contributed by atoms with Gasteiger partial charge in [-0.3, -0.25) is 9.20 Å². The smallest absolute Gasteiger partial charge is 0.275 e. The molecule has 0 atom stereocenters. The molecule has 1 aromatic carbocycles. The van der Waals surface area contributed by atoms with Gasteiger partial charge in [-0.1, -0.05) is 30.3 Å². The van der Waals surface area contributed by atoms with Crippen LogP contribution in [0.15, 0.2) is 65.6 Å². The molecule has 4 heterocycles. The van der Waals surface area contributed by atoms with E-state index in [4.69, 9.17) is 4.74 Å². The third kappa shape index (κ3) is 5.98. The van der Waals surface area contributed by atoms with Gasteiger partial charge >= 0.3 is 0 Å². The van der Waals surface area contributed by atoms with E-state index in [0.717, 1.165) is 30.7 Å². The summed E-state index contributed by atoms with van der Waals surface area (Å²) in [6, 6.07) is 19.0. The summed E-state index contributed by atoms with van der Waals surface area (Å²) in [5.41, 5.74) is 3.73. The molecular weight excluding hydrogens is 485 g/mol. The second kappa shape index (κ2) is 12.4. The number of aryl methyl sites for hydroxylation is 1. The fourth-order valence-electron chi connectivity index (χ4n) is 5.08. The Morgan fingerprint density at radius 1 is 1.03 bits per heavy atom. The Labute approximate surface area is 217 Å². The molecule has 3 N–H and O–H groups in total. The first-order valence-electron chi connectivity index (χ1n) is 12.0. The minimum absolute atomic E-state index is 0. The van der Waals surface area contributed by atoms with Crippen LogP contribution in [0.5, 0.6) is 5.88 Å². The van der Waals surface area contributed by atoms with Crippen molar-refractivity contribution in [3.8, 4) is 5.88 Å². The summed E-state index contributed by atoms with van der Waals surface area (Å²) < 4.78 is 9.03. The first kappa shape index (κ1) is 27.0. The normalized spacial score (nSPS) is 17.6. The molecule has 4 aromatic rings. The van der Waals surface area contributed by atoms with E-state index in [1.54, 1.807) is 12.0 Å². The highest BCUT2D eigenvalue weighted by molar-refractivity contribution is 5.75. The lowest BCUT2D eigenvalue weighted by Crippen LogP contribution is -3.13. The van der Waals surface area contributed by atoms with Crippen LogP contribution < -0.4 is 45.3 Å². The first-order valence-corrected chi connectivity index (χ1v) is 12.0. The number of pyridine rings is 1. The largest absolute Gasteiger partial charge is 1.00 e. The SMILES string of the molecule is COc1ccc2c(n1)n1cccc1c(=O)n2CCC[NH2+]C1CC[NH+](Cc2ccccc2)CC1.[Cl-].[Cl-]. The van der Waals surface area contributed by atoms with Gasteiger partial charge in [0.2, 0.25) is 5.88 Å². The molecular formula is C26H33Cl2N5O2. The van der Waals surface area contributed by atoms with E-state index >= 15 is 0 Å². The molecule has 35 heavy (non-hydrogen) atoms. The van der Waals surface area contributed by atoms with Crippen LogP contribution in [-0.4, -0.2) is 46.7 Å². The topological polar surface area (TPSA) is 69.6 Å². The Morgan fingerprint density at radius 3 is 2.54 bits per heavy atom. The molecule has 0 bridgehead atoms. The number of piperidine rings is 1. The lowest BCUT2D eigenvalue weighted by atomic mass is 10.0. The zero-order chi connectivity index (χ0) is 22.6. The Kier molecular flexibility index (Phi) is 9.57. The van der Waals surface area contributed by atoms with Crippen LogP contribution in [0.3, 0.4) is 0 Å². The van der Waals surface area contributed by atoms with Gasteiger partial charge in [0.15, 0.2) is 5.65 Å². The molecule has 1 fully saturated rings. The second-order valence-electron chi connectivity index (χ2n) is 9.04. The van der Waals surface area contributed by atoms with Crippen molar-refractivity contribution in [1.29, 1.82) is 0 Å². The van der Waals surface area contributed by atoms with Gasteiger partial charge < -0.3 is 44.3 Å². The van der Waals surface area contributed by atoms with Crippen molar-refractivity contribution in [3.05, 3.63) is 76.7 Å². The van der Waals surface area contributed by atoms with Crippen LogP contribution in [-0.2, 0) is 13.1 Å². The summed E-state index contributed by atoms with van der Waals surface area (Å²) in [4.78, 5) is 19.4. The van der Waals surface area contributed by atoms with Gasteiger partial charge in [0, 0.05) is 43.6 Å². The lowest BCUT2D eigenvalue weighted by Gasteiger charge is -2.28. The highest BCUT2D eigenvalue weighted by Crippen LogP contribution is 2.17. The van der Waals surface area contributed by atoms with Crippen LogP contribution in [0.4, 0.5) is 0 Å². The number of benzene rings is 1. The van der Waals surface area contributed by atoms with E-state index in [0.29, 0.717) is 24.0 Å².